The van der Waals surface area contributed by atoms with Crippen LogP contribution in [-0.4, -0.2) is 16.8 Å². The van der Waals surface area contributed by atoms with Crippen LogP contribution in [0.15, 0.2) is 70.7 Å². The van der Waals surface area contributed by atoms with Crippen molar-refractivity contribution in [1.29, 1.82) is 5.26 Å². The molecule has 0 bridgehead atoms. The van der Waals surface area contributed by atoms with Gasteiger partial charge >= 0.3 is 0 Å². The smallest absolute Gasteiger partial charge is 0.300 e. The van der Waals surface area contributed by atoms with Crippen molar-refractivity contribution in [2.75, 3.05) is 4.90 Å². The molecule has 1 amide bonds. The van der Waals surface area contributed by atoms with Crippen molar-refractivity contribution in [3.8, 4) is 6.07 Å². The summed E-state index contributed by atoms with van der Waals surface area (Å²) in [7, 11) is 0. The Bertz CT molecular complexity index is 1220. The standard InChI is InChI=1S/C23H15ClN2O4/c1-13-2-11-18(30-13)20-19(21(27)15-5-7-16(24)8-6-15)22(28)23(29)26(20)17-9-3-14(12-25)4-10-17/h2-11,20,27H,1H3/b21-19-. The van der Waals surface area contributed by atoms with Gasteiger partial charge in [0.15, 0.2) is 0 Å². The zero-order chi connectivity index (χ0) is 21.4. The molecule has 1 saturated heterocycles. The van der Waals surface area contributed by atoms with Crippen LogP contribution >= 0.6 is 11.6 Å². The zero-order valence-electron chi connectivity index (χ0n) is 15.8. The summed E-state index contributed by atoms with van der Waals surface area (Å²) in [4.78, 5) is 27.2. The quantitative estimate of drug-likeness (QED) is 0.376. The normalized spacial score (nSPS) is 17.9. The molecule has 0 radical (unpaired) electrons. The molecule has 1 fully saturated rings. The molecule has 148 valence electrons. The molecule has 0 spiro atoms. The molecule has 3 aromatic rings. The summed E-state index contributed by atoms with van der Waals surface area (Å²) in [5, 5.41) is 20.4. The van der Waals surface area contributed by atoms with E-state index in [1.807, 2.05) is 6.07 Å². The molecule has 1 N–H and O–H groups in total. The lowest BCUT2D eigenvalue weighted by molar-refractivity contribution is -0.132. The Morgan fingerprint density at radius 3 is 2.30 bits per heavy atom. The van der Waals surface area contributed by atoms with Crippen LogP contribution in [0.3, 0.4) is 0 Å². The predicted molar refractivity (Wildman–Crippen MR) is 111 cm³/mol. The first-order valence-corrected chi connectivity index (χ1v) is 9.42. The van der Waals surface area contributed by atoms with Crippen LogP contribution in [0.25, 0.3) is 5.76 Å². The van der Waals surface area contributed by atoms with Gasteiger partial charge in [-0.05, 0) is 67.6 Å². The highest BCUT2D eigenvalue weighted by atomic mass is 35.5. The molecular formula is C23H15ClN2O4. The van der Waals surface area contributed by atoms with Crippen LogP contribution in [0.5, 0.6) is 0 Å². The van der Waals surface area contributed by atoms with E-state index >= 15 is 0 Å². The number of aliphatic hydroxyl groups excluding tert-OH is 1. The van der Waals surface area contributed by atoms with E-state index in [1.165, 1.54) is 4.90 Å². The number of aryl methyl sites for hydroxylation is 1. The van der Waals surface area contributed by atoms with Crippen molar-refractivity contribution in [3.63, 3.8) is 0 Å². The number of carbonyl (C=O) groups is 2. The minimum Gasteiger partial charge on any atom is -0.507 e. The summed E-state index contributed by atoms with van der Waals surface area (Å²) in [6, 6.07) is 17.0. The number of benzene rings is 2. The third-order valence-electron chi connectivity index (χ3n) is 4.87. The molecule has 0 aliphatic carbocycles. The molecule has 0 saturated carbocycles. The average Bonchev–Trinajstić information content (AvgIpc) is 3.29. The number of Topliss-reactive ketones (excluding diaryl/α,β-unsaturated/α-hetero) is 1. The first kappa shape index (κ1) is 19.5. The number of anilines is 1. The number of nitrogens with zero attached hydrogens (tertiary/aromatic N) is 2. The van der Waals surface area contributed by atoms with E-state index in [2.05, 4.69) is 0 Å². The van der Waals surface area contributed by atoms with Gasteiger partial charge in [-0.2, -0.15) is 5.26 Å². The maximum absolute atomic E-state index is 13.0. The lowest BCUT2D eigenvalue weighted by Gasteiger charge is -2.23. The van der Waals surface area contributed by atoms with Gasteiger partial charge in [-0.15, -0.1) is 0 Å². The van der Waals surface area contributed by atoms with Gasteiger partial charge < -0.3 is 9.52 Å². The fraction of sp³-hybridized carbons (Fsp3) is 0.0870. The van der Waals surface area contributed by atoms with Crippen LogP contribution < -0.4 is 4.90 Å². The molecule has 6 nitrogen and oxygen atoms in total. The lowest BCUT2D eigenvalue weighted by Crippen LogP contribution is -2.29. The van der Waals surface area contributed by atoms with Crippen LogP contribution in [0, 0.1) is 18.3 Å². The second-order valence-corrected chi connectivity index (χ2v) is 7.22. The second kappa shape index (κ2) is 7.54. The number of furan rings is 1. The molecule has 1 unspecified atom stereocenters. The monoisotopic (exact) mass is 418 g/mol. The van der Waals surface area contributed by atoms with Crippen LogP contribution in [0.2, 0.25) is 5.02 Å². The molecular weight excluding hydrogens is 404 g/mol. The number of rotatable bonds is 3. The fourth-order valence-electron chi connectivity index (χ4n) is 3.43. The fourth-order valence-corrected chi connectivity index (χ4v) is 3.55. The molecule has 1 aromatic heterocycles. The average molecular weight is 419 g/mol. The van der Waals surface area contributed by atoms with E-state index in [1.54, 1.807) is 67.6 Å². The molecule has 30 heavy (non-hydrogen) atoms. The van der Waals surface area contributed by atoms with Gasteiger partial charge in [0.1, 0.15) is 23.3 Å². The highest BCUT2D eigenvalue weighted by Crippen LogP contribution is 2.42. The molecule has 1 aliphatic heterocycles. The highest BCUT2D eigenvalue weighted by molar-refractivity contribution is 6.51. The Balaban J connectivity index is 1.91. The van der Waals surface area contributed by atoms with Crippen molar-refractivity contribution in [1.82, 2.24) is 0 Å². The molecule has 2 aromatic carbocycles. The Labute approximate surface area is 177 Å². The first-order valence-electron chi connectivity index (χ1n) is 9.04. The SMILES string of the molecule is Cc1ccc(C2/C(=C(/O)c3ccc(Cl)cc3)C(=O)C(=O)N2c2ccc(C#N)cc2)o1. The van der Waals surface area contributed by atoms with Crippen LogP contribution in [-0.2, 0) is 9.59 Å². The maximum Gasteiger partial charge on any atom is 0.300 e. The number of hydrogen-bond acceptors (Lipinski definition) is 5. The summed E-state index contributed by atoms with van der Waals surface area (Å²) in [5.41, 5.74) is 1.10. The molecule has 2 heterocycles. The molecule has 1 atom stereocenters. The van der Waals surface area contributed by atoms with Gasteiger partial charge in [0, 0.05) is 16.3 Å². The number of carbonyl (C=O) groups excluding carboxylic acids is 2. The van der Waals surface area contributed by atoms with Gasteiger partial charge in [-0.25, -0.2) is 0 Å². The third-order valence-corrected chi connectivity index (χ3v) is 5.12. The number of aliphatic hydroxyl groups is 1. The van der Waals surface area contributed by atoms with Gasteiger partial charge in [-0.3, -0.25) is 14.5 Å². The summed E-state index contributed by atoms with van der Waals surface area (Å²) in [6.07, 6.45) is 0. The van der Waals surface area contributed by atoms with Crippen molar-refractivity contribution in [2.24, 2.45) is 0 Å². The maximum atomic E-state index is 13.0. The summed E-state index contributed by atoms with van der Waals surface area (Å²) in [6.45, 7) is 1.75. The predicted octanol–water partition coefficient (Wildman–Crippen LogP) is 4.74. The highest BCUT2D eigenvalue weighted by Gasteiger charge is 2.48. The third kappa shape index (κ3) is 3.25. The number of hydrogen-bond donors (Lipinski definition) is 1. The van der Waals surface area contributed by atoms with Crippen molar-refractivity contribution in [3.05, 3.63) is 93.9 Å². The van der Waals surface area contributed by atoms with Crippen LogP contribution in [0.4, 0.5) is 5.69 Å². The summed E-state index contributed by atoms with van der Waals surface area (Å²) in [5.74, 6) is -1.01. The minimum absolute atomic E-state index is 0.0824. The summed E-state index contributed by atoms with van der Waals surface area (Å²) < 4.78 is 5.73. The van der Waals surface area contributed by atoms with Crippen LogP contribution in [0.1, 0.15) is 28.7 Å². The van der Waals surface area contributed by atoms with E-state index < -0.39 is 17.7 Å². The van der Waals surface area contributed by atoms with E-state index in [0.717, 1.165) is 0 Å². The van der Waals surface area contributed by atoms with Gasteiger partial charge in [0.2, 0.25) is 0 Å². The number of ketones is 1. The number of nitriles is 1. The zero-order valence-corrected chi connectivity index (χ0v) is 16.6. The van der Waals surface area contributed by atoms with Crippen molar-refractivity contribution >= 4 is 34.7 Å². The van der Waals surface area contributed by atoms with E-state index in [-0.39, 0.29) is 11.3 Å². The Hall–Kier alpha value is -3.82. The molecule has 1 aliphatic rings. The van der Waals surface area contributed by atoms with Crippen molar-refractivity contribution < 1.29 is 19.1 Å². The Kier molecular flexibility index (Phi) is 4.90. The Morgan fingerprint density at radius 1 is 1.07 bits per heavy atom. The second-order valence-electron chi connectivity index (χ2n) is 6.78. The number of halogens is 1. The summed E-state index contributed by atoms with van der Waals surface area (Å²) >= 11 is 5.92. The van der Waals surface area contributed by atoms with Gasteiger partial charge in [0.25, 0.3) is 11.7 Å². The van der Waals surface area contributed by atoms with E-state index in [0.29, 0.717) is 33.4 Å². The first-order chi connectivity index (χ1) is 14.4. The minimum atomic E-state index is -0.956. The Morgan fingerprint density at radius 2 is 1.73 bits per heavy atom. The lowest BCUT2D eigenvalue weighted by atomic mass is 9.99. The molecule has 4 rings (SSSR count). The van der Waals surface area contributed by atoms with Gasteiger partial charge in [0.05, 0.1) is 17.2 Å². The van der Waals surface area contributed by atoms with E-state index in [9.17, 15) is 14.7 Å². The largest absolute Gasteiger partial charge is 0.507 e. The topological polar surface area (TPSA) is 94.5 Å². The van der Waals surface area contributed by atoms with E-state index in [4.69, 9.17) is 21.3 Å². The molecule has 7 heteroatoms. The van der Waals surface area contributed by atoms with Crippen molar-refractivity contribution in [2.45, 2.75) is 13.0 Å². The number of amides is 1. The van der Waals surface area contributed by atoms with Gasteiger partial charge in [-0.1, -0.05) is 11.6 Å².